The minimum absolute atomic E-state index is 0.0841. The van der Waals surface area contributed by atoms with Crippen molar-refractivity contribution in [1.29, 1.82) is 0 Å². The molecule has 2 aliphatic rings. The molecule has 2 heterocycles. The number of hydrogen-bond acceptors (Lipinski definition) is 15. The van der Waals surface area contributed by atoms with Gasteiger partial charge in [0, 0.05) is 72.2 Å². The number of amides is 12. The lowest BCUT2D eigenvalue weighted by molar-refractivity contribution is -0.148. The predicted molar refractivity (Wildman–Crippen MR) is 353 cm³/mol. The number of nitrogens with two attached hydrogens (primary N) is 1. The largest absolute Gasteiger partial charge is 0.445 e. The number of likely N-dealkylation sites (N-methyl/N-ethyl adjacent to an activating group) is 2. The summed E-state index contributed by atoms with van der Waals surface area (Å²) in [4.78, 5) is 152. The Kier molecular flexibility index (Phi) is 32.1. The summed E-state index contributed by atoms with van der Waals surface area (Å²) in [6.07, 6.45) is 2.94. The molecule has 2 aliphatic heterocycles. The van der Waals surface area contributed by atoms with Gasteiger partial charge in [0.25, 0.3) is 11.8 Å². The van der Waals surface area contributed by atoms with Crippen molar-refractivity contribution in [2.45, 2.75) is 201 Å². The Hall–Kier alpha value is -7.97. The molecule has 0 aromatic heterocycles. The third kappa shape index (κ3) is 22.9. The molecule has 26 nitrogen and oxygen atoms in total. The number of carbonyl (C=O) groups is 11. The van der Waals surface area contributed by atoms with Crippen molar-refractivity contribution in [3.05, 3.63) is 77.9 Å². The number of aliphatic hydroxyl groups excluding tert-OH is 1. The van der Waals surface area contributed by atoms with Crippen molar-refractivity contribution >= 4 is 71.0 Å². The molecule has 1 unspecified atom stereocenters. The van der Waals surface area contributed by atoms with E-state index >= 15 is 0 Å². The summed E-state index contributed by atoms with van der Waals surface area (Å²) in [5.41, 5.74) is 6.77. The number of rotatable bonds is 38. The van der Waals surface area contributed by atoms with Crippen LogP contribution in [-0.4, -0.2) is 192 Å². The van der Waals surface area contributed by atoms with Crippen LogP contribution >= 0.6 is 0 Å². The van der Waals surface area contributed by atoms with Crippen LogP contribution in [0.5, 0.6) is 0 Å². The normalized spacial score (nSPS) is 17.4. The van der Waals surface area contributed by atoms with Gasteiger partial charge in [-0.25, -0.2) is 9.59 Å². The minimum atomic E-state index is -1.11. The molecule has 0 radical (unpaired) electrons. The van der Waals surface area contributed by atoms with Gasteiger partial charge < -0.3 is 66.8 Å². The first-order valence-electron chi connectivity index (χ1n) is 32.9. The number of ether oxygens (including phenoxy) is 3. The van der Waals surface area contributed by atoms with Gasteiger partial charge in [-0.15, -0.1) is 0 Å². The molecule has 26 heteroatoms. The fourth-order valence-corrected chi connectivity index (χ4v) is 12.1. The summed E-state index contributed by atoms with van der Waals surface area (Å²) >= 11 is 0. The van der Waals surface area contributed by atoms with Gasteiger partial charge in [0.2, 0.25) is 41.4 Å². The van der Waals surface area contributed by atoms with E-state index in [0.717, 1.165) is 4.90 Å². The molecule has 522 valence electrons. The minimum Gasteiger partial charge on any atom is -0.445 e. The predicted octanol–water partition coefficient (Wildman–Crippen LogP) is 5.08. The molecular weight excluding hydrogens is 1210 g/mol. The number of hydrogen-bond donors (Lipinski definition) is 8. The van der Waals surface area contributed by atoms with Crippen LogP contribution in [0.4, 0.5) is 15.3 Å². The van der Waals surface area contributed by atoms with Crippen LogP contribution in [0.15, 0.2) is 66.7 Å². The van der Waals surface area contributed by atoms with E-state index < -0.39 is 114 Å². The van der Waals surface area contributed by atoms with Gasteiger partial charge in [0.1, 0.15) is 30.8 Å². The first-order chi connectivity index (χ1) is 44.5. The number of unbranched alkanes of at least 4 members (excludes halogenated alkanes) is 2. The quantitative estimate of drug-likeness (QED) is 0.0321. The fourth-order valence-electron chi connectivity index (χ4n) is 12.1. The van der Waals surface area contributed by atoms with Crippen molar-refractivity contribution in [1.82, 2.24) is 46.2 Å². The molecule has 94 heavy (non-hydrogen) atoms. The van der Waals surface area contributed by atoms with Crippen LogP contribution in [0.25, 0.3) is 0 Å². The highest BCUT2D eigenvalue weighted by Crippen LogP contribution is 2.31. The van der Waals surface area contributed by atoms with E-state index in [9.17, 15) is 57.8 Å². The van der Waals surface area contributed by atoms with E-state index in [4.69, 9.17) is 19.9 Å². The zero-order valence-electron chi connectivity index (χ0n) is 57.4. The van der Waals surface area contributed by atoms with Crippen molar-refractivity contribution < 1.29 is 72.1 Å². The maximum Gasteiger partial charge on any atom is 0.410 e. The summed E-state index contributed by atoms with van der Waals surface area (Å²) in [6.45, 7) is 18.6. The second-order valence-corrected chi connectivity index (χ2v) is 25.8. The molecule has 4 rings (SSSR count). The average molecular weight is 1320 g/mol. The number of nitrogens with one attached hydrogen (secondary N) is 6. The first kappa shape index (κ1) is 78.5. The number of anilines is 1. The SMILES string of the molecule is CCC(C)[C@@H]([C@@H](CC(=O)N1CCC[C@H]1[C@H](OC)[C@@H](C)C(=O)N[C@H](C)[C@@H](O)c1ccccc1)OC)N(C)C(=O)[C@@H](NC(=O)[C@H](C(C)C)N(C)C(=O)OCc1ccc(NC(=O)[C@H](CCCNC(N)=O)NC(=O)[C@@H](NC(=O)CCCCCN2C(=O)C=CC2=O)C(C)C)cc1)C(C)C. The number of likely N-dealkylation sites (tertiary alicyclic amines) is 1. The highest BCUT2D eigenvalue weighted by Gasteiger charge is 2.44. The van der Waals surface area contributed by atoms with Gasteiger partial charge in [-0.05, 0) is 92.4 Å². The Morgan fingerprint density at radius 1 is 0.713 bits per heavy atom. The summed E-state index contributed by atoms with van der Waals surface area (Å²) in [7, 11) is 6.08. The molecule has 0 spiro atoms. The monoisotopic (exact) mass is 1320 g/mol. The van der Waals surface area contributed by atoms with Gasteiger partial charge >= 0.3 is 12.1 Å². The van der Waals surface area contributed by atoms with Gasteiger partial charge in [-0.1, -0.05) is 118 Å². The topological polar surface area (TPSA) is 347 Å². The zero-order chi connectivity index (χ0) is 70.1. The van der Waals surface area contributed by atoms with Gasteiger partial charge in [-0.3, -0.25) is 53.0 Å². The Morgan fingerprint density at radius 3 is 1.93 bits per heavy atom. The third-order valence-electron chi connectivity index (χ3n) is 17.7. The first-order valence-corrected chi connectivity index (χ1v) is 32.9. The van der Waals surface area contributed by atoms with Gasteiger partial charge in [0.15, 0.2) is 0 Å². The van der Waals surface area contributed by atoms with Gasteiger partial charge in [0.05, 0.1) is 48.8 Å². The Bertz CT molecular complexity index is 2880. The number of nitrogens with zero attached hydrogens (tertiary/aromatic N) is 4. The number of aliphatic hydroxyl groups is 1. The van der Waals surface area contributed by atoms with E-state index in [1.54, 1.807) is 109 Å². The smallest absolute Gasteiger partial charge is 0.410 e. The van der Waals surface area contributed by atoms with E-state index in [2.05, 4.69) is 31.9 Å². The van der Waals surface area contributed by atoms with Crippen LogP contribution in [0.3, 0.4) is 0 Å². The Labute approximate surface area is 554 Å². The lowest BCUT2D eigenvalue weighted by atomic mass is 9.89. The summed E-state index contributed by atoms with van der Waals surface area (Å²) in [5, 5.41) is 27.6. The average Bonchev–Trinajstić information content (AvgIpc) is 1.33. The number of primary amides is 1. The summed E-state index contributed by atoms with van der Waals surface area (Å²) in [5.74, 6) is -6.02. The maximum atomic E-state index is 14.8. The summed E-state index contributed by atoms with van der Waals surface area (Å²) < 4.78 is 17.7. The second-order valence-electron chi connectivity index (χ2n) is 25.8. The Balaban J connectivity index is 1.37. The number of benzene rings is 2. The molecule has 12 amide bonds. The highest BCUT2D eigenvalue weighted by atomic mass is 16.6. The number of imide groups is 1. The number of carbonyl (C=O) groups excluding carboxylic acids is 11. The molecule has 0 bridgehead atoms. The number of urea groups is 1. The number of methoxy groups -OCH3 is 2. The molecule has 1 saturated heterocycles. The fraction of sp³-hybridized carbons (Fsp3) is 0.632. The van der Waals surface area contributed by atoms with E-state index in [1.807, 2.05) is 32.0 Å². The molecule has 2 aromatic carbocycles. The van der Waals surface area contributed by atoms with Crippen molar-refractivity contribution in [2.24, 2.45) is 35.3 Å². The molecule has 12 atom stereocenters. The lowest BCUT2D eigenvalue weighted by Gasteiger charge is -2.41. The van der Waals surface area contributed by atoms with E-state index in [1.165, 1.54) is 38.3 Å². The molecule has 2 aromatic rings. The van der Waals surface area contributed by atoms with Crippen LogP contribution in [0, 0.1) is 29.6 Å². The Morgan fingerprint density at radius 2 is 1.35 bits per heavy atom. The third-order valence-corrected chi connectivity index (χ3v) is 17.7. The molecule has 0 aliphatic carbocycles. The van der Waals surface area contributed by atoms with Crippen LogP contribution < -0.4 is 37.6 Å². The van der Waals surface area contributed by atoms with E-state index in [0.29, 0.717) is 61.9 Å². The molecule has 1 fully saturated rings. The molecule has 9 N–H and O–H groups in total. The van der Waals surface area contributed by atoms with Crippen LogP contribution in [0.1, 0.15) is 151 Å². The van der Waals surface area contributed by atoms with Crippen molar-refractivity contribution in [2.75, 3.05) is 53.3 Å². The lowest BCUT2D eigenvalue weighted by Crippen LogP contribution is -2.60. The molecular formula is C68H105N11O15. The maximum absolute atomic E-state index is 14.8. The van der Waals surface area contributed by atoms with Crippen molar-refractivity contribution in [3.8, 4) is 0 Å². The summed E-state index contributed by atoms with van der Waals surface area (Å²) in [6, 6.07) is 8.74. The standard InChI is InChI=1S/C68H105N11O15/c1-15-43(8)59(51(92-13)38-55(83)78-37-23-27-50(78)61(93-14)44(9)62(85)71-45(10)60(84)47-24-18-16-19-25-47)76(11)66(89)57(41(4)5)75-65(88)58(42(6)7)77(12)68(91)94-39-46-29-31-48(32-30-46)72-63(86)49(26-22-35-70-67(69)90)73-64(87)56(40(2)3)74-52(80)28-20-17-21-36-79-53(81)33-34-54(79)82/h16,18-19,24-25,29-34,40-45,49-51,56-61,84H,15,17,20-23,26-28,35-39H2,1-14H3,(H,71,85)(H,72,86)(H,73,87)(H,74,80)(H,75,88)(H3,69,70,90)/t43?,44-,45-,49+,50+,51-,56+,57+,58+,59+,60-,61-/m1/s1. The van der Waals surface area contributed by atoms with Crippen LogP contribution in [-0.2, 0) is 64.0 Å². The molecule has 0 saturated carbocycles. The van der Waals surface area contributed by atoms with E-state index in [-0.39, 0.29) is 86.8 Å². The highest BCUT2D eigenvalue weighted by molar-refractivity contribution is 6.12. The van der Waals surface area contributed by atoms with Crippen molar-refractivity contribution in [3.63, 3.8) is 0 Å². The van der Waals surface area contributed by atoms with Gasteiger partial charge in [-0.2, -0.15) is 0 Å². The second kappa shape index (κ2) is 38.4. The van der Waals surface area contributed by atoms with Crippen LogP contribution in [0.2, 0.25) is 0 Å². The zero-order valence-corrected chi connectivity index (χ0v) is 57.4.